The Kier molecular flexibility index (Phi) is 5.31. The molecule has 4 rings (SSSR count). The van der Waals surface area contributed by atoms with Crippen LogP contribution in [0.25, 0.3) is 5.69 Å². The highest BCUT2D eigenvalue weighted by atomic mass is 16.5. The van der Waals surface area contributed by atoms with E-state index >= 15 is 0 Å². The molecule has 152 valence electrons. The lowest BCUT2D eigenvalue weighted by Crippen LogP contribution is -2.25. The number of carbonyl (C=O) groups is 1. The smallest absolute Gasteiger partial charge is 0.226 e. The first-order chi connectivity index (χ1) is 14.6. The van der Waals surface area contributed by atoms with E-state index < -0.39 is 0 Å². The monoisotopic (exact) mass is 403 g/mol. The number of rotatable bonds is 6. The summed E-state index contributed by atoms with van der Waals surface area (Å²) in [6, 6.07) is 13.1. The van der Waals surface area contributed by atoms with Crippen molar-refractivity contribution in [1.82, 2.24) is 9.55 Å². The highest BCUT2D eigenvalue weighted by Crippen LogP contribution is 2.40. The number of benzene rings is 2. The molecule has 30 heavy (non-hydrogen) atoms. The summed E-state index contributed by atoms with van der Waals surface area (Å²) in [5.41, 5.74) is 2.59. The zero-order chi connectivity index (χ0) is 21.1. The zero-order valence-electron chi connectivity index (χ0n) is 16.7. The molecule has 1 aliphatic heterocycles. The van der Waals surface area contributed by atoms with Crippen LogP contribution in [0.4, 0.5) is 5.82 Å². The third-order valence-electron chi connectivity index (χ3n) is 5.02. The lowest BCUT2D eigenvalue weighted by Gasteiger charge is -2.24. The largest absolute Gasteiger partial charge is 0.497 e. The molecule has 0 radical (unpaired) electrons. The molecule has 0 fully saturated rings. The first-order valence-corrected chi connectivity index (χ1v) is 9.40. The van der Waals surface area contributed by atoms with Crippen molar-refractivity contribution < 1.29 is 19.0 Å². The average Bonchev–Trinajstić information content (AvgIpc) is 3.20. The van der Waals surface area contributed by atoms with Crippen molar-refractivity contribution in [3.8, 4) is 35.3 Å². The van der Waals surface area contributed by atoms with Gasteiger partial charge < -0.3 is 19.5 Å². The number of terminal acetylenes is 1. The molecule has 0 saturated heterocycles. The highest BCUT2D eigenvalue weighted by Gasteiger charge is 2.31. The van der Waals surface area contributed by atoms with Gasteiger partial charge in [-0.2, -0.15) is 0 Å². The summed E-state index contributed by atoms with van der Waals surface area (Å²) < 4.78 is 18.1. The molecule has 1 atom stereocenters. The number of imidazole rings is 1. The molecule has 1 aromatic heterocycles. The summed E-state index contributed by atoms with van der Waals surface area (Å²) in [6.45, 7) is 0.151. The predicted octanol–water partition coefficient (Wildman–Crippen LogP) is 3.38. The minimum Gasteiger partial charge on any atom is -0.497 e. The Labute approximate surface area is 174 Å². The van der Waals surface area contributed by atoms with Crippen molar-refractivity contribution in [3.63, 3.8) is 0 Å². The Balaban J connectivity index is 1.72. The van der Waals surface area contributed by atoms with Crippen molar-refractivity contribution in [1.29, 1.82) is 0 Å². The summed E-state index contributed by atoms with van der Waals surface area (Å²) >= 11 is 0. The molecule has 2 aromatic carbocycles. The Bertz CT molecular complexity index is 1110. The van der Waals surface area contributed by atoms with Gasteiger partial charge in [-0.05, 0) is 42.0 Å². The van der Waals surface area contributed by atoms with Gasteiger partial charge in [0, 0.05) is 18.0 Å². The van der Waals surface area contributed by atoms with Crippen LogP contribution in [-0.4, -0.2) is 36.3 Å². The number of ether oxygens (including phenoxy) is 3. The second-order valence-corrected chi connectivity index (χ2v) is 6.75. The normalized spacial score (nSPS) is 15.0. The number of hydrogen-bond donors (Lipinski definition) is 1. The third-order valence-corrected chi connectivity index (χ3v) is 5.02. The van der Waals surface area contributed by atoms with Crippen LogP contribution >= 0.6 is 0 Å². The fraction of sp³-hybridized carbons (Fsp3) is 0.217. The molecule has 0 spiro atoms. The van der Waals surface area contributed by atoms with Crippen molar-refractivity contribution in [2.24, 2.45) is 0 Å². The fourth-order valence-corrected chi connectivity index (χ4v) is 3.56. The molecule has 1 amide bonds. The minimum atomic E-state index is -0.205. The Morgan fingerprint density at radius 3 is 2.67 bits per heavy atom. The number of fused-ring (bicyclic) bond motifs is 1. The maximum Gasteiger partial charge on any atom is 0.226 e. The minimum absolute atomic E-state index is 0.0746. The van der Waals surface area contributed by atoms with Gasteiger partial charge in [0.25, 0.3) is 0 Å². The molecule has 1 aliphatic rings. The van der Waals surface area contributed by atoms with E-state index in [-0.39, 0.29) is 18.4 Å². The van der Waals surface area contributed by atoms with Gasteiger partial charge >= 0.3 is 0 Å². The number of nitrogens with zero attached hydrogens (tertiary/aromatic N) is 2. The van der Waals surface area contributed by atoms with E-state index in [0.29, 0.717) is 23.7 Å². The van der Waals surface area contributed by atoms with E-state index in [1.54, 1.807) is 26.6 Å². The van der Waals surface area contributed by atoms with Crippen LogP contribution in [0.2, 0.25) is 0 Å². The van der Waals surface area contributed by atoms with Crippen LogP contribution in [0.1, 0.15) is 23.6 Å². The third kappa shape index (κ3) is 3.55. The van der Waals surface area contributed by atoms with Crippen LogP contribution in [0.3, 0.4) is 0 Å². The van der Waals surface area contributed by atoms with Crippen molar-refractivity contribution in [2.75, 3.05) is 26.1 Å². The van der Waals surface area contributed by atoms with E-state index in [1.165, 1.54) is 0 Å². The lowest BCUT2D eigenvalue weighted by atomic mass is 9.89. The number of aromatic nitrogens is 2. The van der Waals surface area contributed by atoms with Gasteiger partial charge in [0.05, 0.1) is 19.9 Å². The molecule has 0 bridgehead atoms. The molecule has 1 N–H and O–H groups in total. The van der Waals surface area contributed by atoms with E-state index in [4.69, 9.17) is 20.6 Å². The van der Waals surface area contributed by atoms with E-state index in [2.05, 4.69) is 16.2 Å². The quantitative estimate of drug-likeness (QED) is 0.639. The van der Waals surface area contributed by atoms with Gasteiger partial charge in [-0.15, -0.1) is 6.42 Å². The molecule has 2 heterocycles. The summed E-state index contributed by atoms with van der Waals surface area (Å²) in [7, 11) is 3.19. The van der Waals surface area contributed by atoms with Gasteiger partial charge in [0.1, 0.15) is 24.5 Å². The van der Waals surface area contributed by atoms with Gasteiger partial charge in [-0.25, -0.2) is 4.98 Å². The molecule has 1 unspecified atom stereocenters. The second kappa shape index (κ2) is 8.21. The summed E-state index contributed by atoms with van der Waals surface area (Å²) in [5, 5.41) is 2.96. The second-order valence-electron chi connectivity index (χ2n) is 6.75. The van der Waals surface area contributed by atoms with Crippen molar-refractivity contribution in [3.05, 3.63) is 60.0 Å². The van der Waals surface area contributed by atoms with Crippen LogP contribution in [0.15, 0.2) is 48.8 Å². The number of anilines is 1. The first-order valence-electron chi connectivity index (χ1n) is 9.40. The predicted molar refractivity (Wildman–Crippen MR) is 113 cm³/mol. The highest BCUT2D eigenvalue weighted by molar-refractivity contribution is 5.94. The number of amides is 1. The van der Waals surface area contributed by atoms with Crippen LogP contribution in [0.5, 0.6) is 17.2 Å². The lowest BCUT2D eigenvalue weighted by molar-refractivity contribution is -0.116. The molecular weight excluding hydrogens is 382 g/mol. The maximum absolute atomic E-state index is 12.5. The van der Waals surface area contributed by atoms with Gasteiger partial charge in [0.2, 0.25) is 5.91 Å². The van der Waals surface area contributed by atoms with Gasteiger partial charge in [-0.1, -0.05) is 12.0 Å². The van der Waals surface area contributed by atoms with Crippen LogP contribution in [0, 0.1) is 12.3 Å². The molecule has 7 heteroatoms. The standard InChI is InChI=1S/C23H21N3O4/c1-4-11-30-19-10-5-15(12-20(19)29-3)18-13-21(27)25-23-22(18)24-14-26(23)16-6-8-17(28-2)9-7-16/h1,5-10,12,14,18H,11,13H2,2-3H3,(H,25,27). The molecule has 3 aromatic rings. The Morgan fingerprint density at radius 1 is 1.17 bits per heavy atom. The van der Waals surface area contributed by atoms with Gasteiger partial charge in [0.15, 0.2) is 11.5 Å². The molecule has 7 nitrogen and oxygen atoms in total. The van der Waals surface area contributed by atoms with E-state index in [9.17, 15) is 4.79 Å². The van der Waals surface area contributed by atoms with E-state index in [0.717, 1.165) is 22.7 Å². The SMILES string of the molecule is C#CCOc1ccc(C2CC(=O)Nc3c2ncn3-c2ccc(OC)cc2)cc1OC. The zero-order valence-corrected chi connectivity index (χ0v) is 16.7. The number of hydrogen-bond acceptors (Lipinski definition) is 5. The first kappa shape index (κ1) is 19.4. The van der Waals surface area contributed by atoms with Gasteiger partial charge in [-0.3, -0.25) is 9.36 Å². The summed E-state index contributed by atoms with van der Waals surface area (Å²) in [6.07, 6.45) is 7.28. The van der Waals surface area contributed by atoms with Crippen LogP contribution in [-0.2, 0) is 4.79 Å². The topological polar surface area (TPSA) is 74.6 Å². The molecule has 0 aliphatic carbocycles. The Hall–Kier alpha value is -3.92. The van der Waals surface area contributed by atoms with Crippen LogP contribution < -0.4 is 19.5 Å². The molecule has 0 saturated carbocycles. The van der Waals surface area contributed by atoms with E-state index in [1.807, 2.05) is 41.0 Å². The summed E-state index contributed by atoms with van der Waals surface area (Å²) in [4.78, 5) is 17.1. The maximum atomic E-state index is 12.5. The Morgan fingerprint density at radius 2 is 1.97 bits per heavy atom. The number of carbonyl (C=O) groups excluding carboxylic acids is 1. The van der Waals surface area contributed by atoms with Crippen molar-refractivity contribution >= 4 is 11.7 Å². The fourth-order valence-electron chi connectivity index (χ4n) is 3.56. The summed E-state index contributed by atoms with van der Waals surface area (Å²) in [5.74, 6) is 4.70. The number of methoxy groups -OCH3 is 2. The molecular formula is C23H21N3O4. The number of nitrogens with one attached hydrogen (secondary N) is 1. The van der Waals surface area contributed by atoms with Crippen molar-refractivity contribution in [2.45, 2.75) is 12.3 Å². The average molecular weight is 403 g/mol.